The number of carbonyl (C=O) groups is 1. The van der Waals surface area contributed by atoms with E-state index in [1.165, 1.54) is 0 Å². The van der Waals surface area contributed by atoms with Gasteiger partial charge in [-0.15, -0.1) is 0 Å². The standard InChI is InChI=1S/C14H12BrClN2O/c1-8-6-10(15)13(7-11(8)16)18-14(19)9-4-2-3-5-12(9)17/h2-7H,17H2,1H3,(H,18,19). The first kappa shape index (κ1) is 13.9. The highest BCUT2D eigenvalue weighted by molar-refractivity contribution is 9.10. The van der Waals surface area contributed by atoms with Crippen LogP contribution in [0.5, 0.6) is 0 Å². The third-order valence-electron chi connectivity index (χ3n) is 2.70. The number of nitrogen functional groups attached to an aromatic ring is 1. The zero-order valence-electron chi connectivity index (χ0n) is 10.2. The largest absolute Gasteiger partial charge is 0.398 e. The van der Waals surface area contributed by atoms with Gasteiger partial charge in [0.05, 0.1) is 11.3 Å². The Hall–Kier alpha value is -1.52. The normalized spacial score (nSPS) is 10.3. The maximum atomic E-state index is 12.1. The molecule has 0 radical (unpaired) electrons. The molecule has 2 aromatic carbocycles. The van der Waals surface area contributed by atoms with Crippen molar-refractivity contribution in [3.05, 3.63) is 57.0 Å². The highest BCUT2D eigenvalue weighted by Crippen LogP contribution is 2.29. The first-order valence-corrected chi connectivity index (χ1v) is 6.77. The number of hydrogen-bond acceptors (Lipinski definition) is 2. The van der Waals surface area contributed by atoms with E-state index in [1.807, 2.05) is 13.0 Å². The second kappa shape index (κ2) is 5.63. The van der Waals surface area contributed by atoms with Crippen molar-refractivity contribution >= 4 is 44.8 Å². The molecule has 0 bridgehead atoms. The summed E-state index contributed by atoms with van der Waals surface area (Å²) >= 11 is 9.45. The fourth-order valence-corrected chi connectivity index (χ4v) is 2.36. The second-order valence-corrected chi connectivity index (χ2v) is 5.38. The lowest BCUT2D eigenvalue weighted by molar-refractivity contribution is 0.102. The molecule has 0 saturated heterocycles. The van der Waals surface area contributed by atoms with E-state index in [0.717, 1.165) is 10.0 Å². The van der Waals surface area contributed by atoms with Gasteiger partial charge in [0.1, 0.15) is 0 Å². The van der Waals surface area contributed by atoms with E-state index < -0.39 is 0 Å². The number of para-hydroxylation sites is 1. The Morgan fingerprint density at radius 2 is 2.00 bits per heavy atom. The summed E-state index contributed by atoms with van der Waals surface area (Å²) in [5, 5.41) is 3.38. The summed E-state index contributed by atoms with van der Waals surface area (Å²) < 4.78 is 0.775. The second-order valence-electron chi connectivity index (χ2n) is 4.12. The zero-order valence-corrected chi connectivity index (χ0v) is 12.5. The predicted octanol–water partition coefficient (Wildman–Crippen LogP) is 4.25. The Labute approximate surface area is 124 Å². The summed E-state index contributed by atoms with van der Waals surface area (Å²) in [4.78, 5) is 12.1. The minimum atomic E-state index is -0.265. The first-order valence-electron chi connectivity index (χ1n) is 5.60. The summed E-state index contributed by atoms with van der Waals surface area (Å²) in [6.07, 6.45) is 0. The van der Waals surface area contributed by atoms with Crippen molar-refractivity contribution in [3.8, 4) is 0 Å². The van der Waals surface area contributed by atoms with Crippen molar-refractivity contribution in [2.75, 3.05) is 11.1 Å². The smallest absolute Gasteiger partial charge is 0.257 e. The monoisotopic (exact) mass is 338 g/mol. The molecular weight excluding hydrogens is 328 g/mol. The van der Waals surface area contributed by atoms with E-state index in [2.05, 4.69) is 21.2 Å². The maximum Gasteiger partial charge on any atom is 0.257 e. The van der Waals surface area contributed by atoms with Crippen LogP contribution in [0.15, 0.2) is 40.9 Å². The van der Waals surface area contributed by atoms with Gasteiger partial charge in [-0.3, -0.25) is 4.79 Å². The zero-order chi connectivity index (χ0) is 14.0. The number of nitrogens with one attached hydrogen (secondary N) is 1. The fraction of sp³-hybridized carbons (Fsp3) is 0.0714. The molecule has 3 N–H and O–H groups in total. The number of amides is 1. The van der Waals surface area contributed by atoms with Gasteiger partial charge in [-0.05, 0) is 52.7 Å². The molecule has 0 aliphatic heterocycles. The summed E-state index contributed by atoms with van der Waals surface area (Å²) in [7, 11) is 0. The van der Waals surface area contributed by atoms with Crippen LogP contribution in [0, 0.1) is 6.92 Å². The molecule has 0 aliphatic rings. The van der Waals surface area contributed by atoms with Crippen LogP contribution in [0.3, 0.4) is 0 Å². The molecule has 0 heterocycles. The van der Waals surface area contributed by atoms with Gasteiger partial charge in [0.25, 0.3) is 5.91 Å². The molecule has 5 heteroatoms. The minimum absolute atomic E-state index is 0.265. The van der Waals surface area contributed by atoms with Crippen LogP contribution < -0.4 is 11.1 Å². The lowest BCUT2D eigenvalue weighted by atomic mass is 10.1. The van der Waals surface area contributed by atoms with Gasteiger partial charge in [-0.25, -0.2) is 0 Å². The van der Waals surface area contributed by atoms with Crippen LogP contribution in [0.1, 0.15) is 15.9 Å². The van der Waals surface area contributed by atoms with Gasteiger partial charge in [-0.2, -0.15) is 0 Å². The summed E-state index contributed by atoms with van der Waals surface area (Å²) in [6.45, 7) is 1.90. The van der Waals surface area contributed by atoms with Crippen molar-refractivity contribution in [1.29, 1.82) is 0 Å². The minimum Gasteiger partial charge on any atom is -0.398 e. The first-order chi connectivity index (χ1) is 8.99. The van der Waals surface area contributed by atoms with E-state index in [9.17, 15) is 4.79 Å². The van der Waals surface area contributed by atoms with Crippen molar-refractivity contribution in [2.24, 2.45) is 0 Å². The predicted molar refractivity (Wildman–Crippen MR) is 82.7 cm³/mol. The maximum absolute atomic E-state index is 12.1. The van der Waals surface area contributed by atoms with Gasteiger partial charge in [-0.1, -0.05) is 23.7 Å². The number of carbonyl (C=O) groups excluding carboxylic acids is 1. The molecule has 1 amide bonds. The summed E-state index contributed by atoms with van der Waals surface area (Å²) in [5.74, 6) is -0.265. The number of rotatable bonds is 2. The molecule has 0 aliphatic carbocycles. The number of hydrogen-bond donors (Lipinski definition) is 2. The highest BCUT2D eigenvalue weighted by Gasteiger charge is 2.12. The Bertz CT molecular complexity index is 643. The molecule has 98 valence electrons. The summed E-state index contributed by atoms with van der Waals surface area (Å²) in [6, 6.07) is 10.5. The number of halogens is 2. The SMILES string of the molecule is Cc1cc(Br)c(NC(=O)c2ccccc2N)cc1Cl. The average Bonchev–Trinajstić information content (AvgIpc) is 2.36. The van der Waals surface area contributed by atoms with E-state index >= 15 is 0 Å². The van der Waals surface area contributed by atoms with Crippen LogP contribution in [-0.2, 0) is 0 Å². The Morgan fingerprint density at radius 1 is 1.32 bits per heavy atom. The molecule has 0 unspecified atom stereocenters. The Kier molecular flexibility index (Phi) is 4.12. The summed E-state index contributed by atoms with van der Waals surface area (Å²) in [5.41, 5.74) is 8.19. The van der Waals surface area contributed by atoms with E-state index in [1.54, 1.807) is 30.3 Å². The number of aryl methyl sites for hydroxylation is 1. The van der Waals surface area contributed by atoms with Crippen molar-refractivity contribution in [1.82, 2.24) is 0 Å². The fourth-order valence-electron chi connectivity index (χ4n) is 1.64. The van der Waals surface area contributed by atoms with Crippen LogP contribution in [-0.4, -0.2) is 5.91 Å². The van der Waals surface area contributed by atoms with Crippen molar-refractivity contribution < 1.29 is 4.79 Å². The lowest BCUT2D eigenvalue weighted by Crippen LogP contribution is -2.14. The molecule has 19 heavy (non-hydrogen) atoms. The molecule has 2 rings (SSSR count). The van der Waals surface area contributed by atoms with E-state index in [4.69, 9.17) is 17.3 Å². The van der Waals surface area contributed by atoms with Gasteiger partial charge in [0.2, 0.25) is 0 Å². The topological polar surface area (TPSA) is 55.1 Å². The molecule has 0 spiro atoms. The van der Waals surface area contributed by atoms with Gasteiger partial charge in [0, 0.05) is 15.2 Å². The molecule has 0 saturated carbocycles. The number of nitrogens with two attached hydrogens (primary N) is 1. The third-order valence-corrected chi connectivity index (χ3v) is 3.77. The molecular formula is C14H12BrClN2O. The van der Waals surface area contributed by atoms with Gasteiger partial charge < -0.3 is 11.1 Å². The number of anilines is 2. The third kappa shape index (κ3) is 3.08. The van der Waals surface area contributed by atoms with Crippen LogP contribution in [0.2, 0.25) is 5.02 Å². The molecule has 3 nitrogen and oxygen atoms in total. The van der Waals surface area contributed by atoms with Crippen LogP contribution in [0.25, 0.3) is 0 Å². The van der Waals surface area contributed by atoms with E-state index in [0.29, 0.717) is 22.0 Å². The van der Waals surface area contributed by atoms with Gasteiger partial charge >= 0.3 is 0 Å². The average molecular weight is 340 g/mol. The van der Waals surface area contributed by atoms with Gasteiger partial charge in [0.15, 0.2) is 0 Å². The Balaban J connectivity index is 2.30. The highest BCUT2D eigenvalue weighted by atomic mass is 79.9. The van der Waals surface area contributed by atoms with E-state index in [-0.39, 0.29) is 5.91 Å². The Morgan fingerprint density at radius 3 is 2.68 bits per heavy atom. The number of benzene rings is 2. The lowest BCUT2D eigenvalue weighted by Gasteiger charge is -2.10. The molecule has 2 aromatic rings. The van der Waals surface area contributed by atoms with Crippen LogP contribution >= 0.6 is 27.5 Å². The van der Waals surface area contributed by atoms with Crippen LogP contribution in [0.4, 0.5) is 11.4 Å². The quantitative estimate of drug-likeness (QED) is 0.804. The molecule has 0 atom stereocenters. The molecule has 0 aromatic heterocycles. The van der Waals surface area contributed by atoms with Crippen molar-refractivity contribution in [2.45, 2.75) is 6.92 Å². The van der Waals surface area contributed by atoms with Crippen molar-refractivity contribution in [3.63, 3.8) is 0 Å². The molecule has 0 fully saturated rings.